The topological polar surface area (TPSA) is 140 Å². The van der Waals surface area contributed by atoms with Crippen molar-refractivity contribution in [3.8, 4) is 28.5 Å². The number of fused-ring (bicyclic) bond motifs is 2. The van der Waals surface area contributed by atoms with E-state index in [1.807, 2.05) is 38.2 Å². The Kier molecular flexibility index (Phi) is 7.31. The number of hydrogen-bond donors (Lipinski definition) is 4. The number of nitrogens with two attached hydrogens (primary N) is 1. The molecule has 0 fully saturated rings. The zero-order chi connectivity index (χ0) is 28.7. The molecular weight excluding hydrogens is 510 g/mol. The summed E-state index contributed by atoms with van der Waals surface area (Å²) in [7, 11) is 1.49. The first-order valence-electron chi connectivity index (χ1n) is 13.3. The van der Waals surface area contributed by atoms with Gasteiger partial charge < -0.3 is 35.1 Å². The van der Waals surface area contributed by atoms with Crippen LogP contribution in [-0.2, 0) is 11.1 Å². The highest BCUT2D eigenvalue weighted by molar-refractivity contribution is 5.98. The zero-order valence-corrected chi connectivity index (χ0v) is 23.2. The number of nitrogens with one attached hydrogen (secondary N) is 1. The number of H-pyrrole nitrogens is 1. The van der Waals surface area contributed by atoms with Crippen LogP contribution in [0.5, 0.6) is 17.2 Å². The molecule has 0 aliphatic carbocycles. The molecule has 1 aliphatic heterocycles. The molecule has 2 unspecified atom stereocenters. The second-order valence-electron chi connectivity index (χ2n) is 10.8. The van der Waals surface area contributed by atoms with Gasteiger partial charge in [-0.05, 0) is 57.0 Å². The van der Waals surface area contributed by atoms with Gasteiger partial charge in [0.25, 0.3) is 0 Å². The van der Waals surface area contributed by atoms with E-state index in [0.717, 1.165) is 27.6 Å². The number of aromatic amines is 1. The number of carbonyl (C=O) groups excluding carboxylic acids is 1. The van der Waals surface area contributed by atoms with Gasteiger partial charge >= 0.3 is 0 Å². The van der Waals surface area contributed by atoms with E-state index in [0.29, 0.717) is 40.8 Å². The highest BCUT2D eigenvalue weighted by Gasteiger charge is 2.38. The Hall–Kier alpha value is -3.92. The number of aromatic nitrogens is 2. The lowest BCUT2D eigenvalue weighted by molar-refractivity contribution is 0.0396. The number of benzene rings is 2. The summed E-state index contributed by atoms with van der Waals surface area (Å²) in [5.74, 6) is 1.29. The van der Waals surface area contributed by atoms with Gasteiger partial charge in [0.1, 0.15) is 24.5 Å². The molecule has 0 radical (unpaired) electrons. The van der Waals surface area contributed by atoms with Crippen LogP contribution in [0.4, 0.5) is 0 Å². The first kappa shape index (κ1) is 27.6. The van der Waals surface area contributed by atoms with Crippen LogP contribution in [0, 0.1) is 6.92 Å². The number of aryl methyl sites for hydroxylation is 1. The third-order valence-corrected chi connectivity index (χ3v) is 7.51. The van der Waals surface area contributed by atoms with Crippen molar-refractivity contribution in [3.63, 3.8) is 0 Å². The smallest absolute Gasteiger partial charge is 0.163 e. The monoisotopic (exact) mass is 545 g/mol. The standard InChI is InChI=1S/C31H35N3O6/c1-18-6-5-7-20-21(16-33-27(18)20)28-29-22(30(2,32)17-40-29)15-26(34-28)31(3,37)11-10-23(36)19-8-9-24(39-13-12-35)25(14-19)38-4/h5-9,14-16,33,35,37H,10-13,17,32H2,1-4H3. The molecule has 210 valence electrons. The lowest BCUT2D eigenvalue weighted by atomic mass is 9.88. The summed E-state index contributed by atoms with van der Waals surface area (Å²) >= 11 is 0. The number of carbonyl (C=O) groups is 1. The van der Waals surface area contributed by atoms with E-state index in [9.17, 15) is 9.90 Å². The van der Waals surface area contributed by atoms with Gasteiger partial charge in [0.2, 0.25) is 0 Å². The largest absolute Gasteiger partial charge is 0.493 e. The highest BCUT2D eigenvalue weighted by atomic mass is 16.5. The van der Waals surface area contributed by atoms with Crippen molar-refractivity contribution in [3.05, 3.63) is 71.0 Å². The predicted molar refractivity (Wildman–Crippen MR) is 152 cm³/mol. The Morgan fingerprint density at radius 1 is 1.25 bits per heavy atom. The second-order valence-corrected chi connectivity index (χ2v) is 10.8. The summed E-state index contributed by atoms with van der Waals surface area (Å²) in [5, 5.41) is 21.6. The molecule has 40 heavy (non-hydrogen) atoms. The second kappa shape index (κ2) is 10.6. The molecule has 2 aromatic carbocycles. The van der Waals surface area contributed by atoms with Crippen LogP contribution in [-0.4, -0.2) is 52.9 Å². The van der Waals surface area contributed by atoms with E-state index < -0.39 is 11.1 Å². The highest BCUT2D eigenvalue weighted by Crippen LogP contribution is 2.45. The summed E-state index contributed by atoms with van der Waals surface area (Å²) < 4.78 is 16.9. The Morgan fingerprint density at radius 2 is 2.05 bits per heavy atom. The lowest BCUT2D eigenvalue weighted by Crippen LogP contribution is -2.35. The normalized spacial score (nSPS) is 17.8. The van der Waals surface area contributed by atoms with E-state index in [1.54, 1.807) is 31.2 Å². The van der Waals surface area contributed by atoms with Gasteiger partial charge in [0.05, 0.1) is 24.9 Å². The molecule has 3 heterocycles. The summed E-state index contributed by atoms with van der Waals surface area (Å²) in [6.07, 6.45) is 2.11. The van der Waals surface area contributed by atoms with Crippen LogP contribution in [0.25, 0.3) is 22.2 Å². The maximum absolute atomic E-state index is 13.1. The Labute approximate surface area is 232 Å². The van der Waals surface area contributed by atoms with Crippen LogP contribution < -0.4 is 19.9 Å². The van der Waals surface area contributed by atoms with Gasteiger partial charge in [-0.15, -0.1) is 0 Å². The number of ether oxygens (including phenoxy) is 3. The number of nitrogens with zero attached hydrogens (tertiary/aromatic N) is 1. The molecule has 2 atom stereocenters. The lowest BCUT2D eigenvalue weighted by Gasteiger charge is -2.25. The quantitative estimate of drug-likeness (QED) is 0.216. The van der Waals surface area contributed by atoms with E-state index in [-0.39, 0.29) is 31.8 Å². The van der Waals surface area contributed by atoms with Crippen LogP contribution in [0.1, 0.15) is 53.9 Å². The number of aliphatic hydroxyl groups is 2. The van der Waals surface area contributed by atoms with E-state index in [1.165, 1.54) is 7.11 Å². The molecule has 5 rings (SSSR count). The fourth-order valence-electron chi connectivity index (χ4n) is 5.11. The first-order valence-corrected chi connectivity index (χ1v) is 13.3. The number of ketones is 1. The Morgan fingerprint density at radius 3 is 2.80 bits per heavy atom. The van der Waals surface area contributed by atoms with Crippen LogP contribution >= 0.6 is 0 Å². The maximum atomic E-state index is 13.1. The third-order valence-electron chi connectivity index (χ3n) is 7.51. The van der Waals surface area contributed by atoms with Crippen molar-refractivity contribution in [1.29, 1.82) is 0 Å². The molecule has 9 heteroatoms. The van der Waals surface area contributed by atoms with E-state index in [2.05, 4.69) is 4.98 Å². The van der Waals surface area contributed by atoms with Crippen molar-refractivity contribution in [2.75, 3.05) is 26.9 Å². The summed E-state index contributed by atoms with van der Waals surface area (Å²) in [6.45, 7) is 5.87. The Balaban J connectivity index is 1.46. The number of para-hydroxylation sites is 1. The predicted octanol–water partition coefficient (Wildman–Crippen LogP) is 4.35. The summed E-state index contributed by atoms with van der Waals surface area (Å²) in [5.41, 5.74) is 9.62. The molecule has 1 aliphatic rings. The van der Waals surface area contributed by atoms with Gasteiger partial charge in [-0.25, -0.2) is 4.98 Å². The number of rotatable bonds is 10. The van der Waals surface area contributed by atoms with Crippen molar-refractivity contribution in [1.82, 2.24) is 9.97 Å². The van der Waals surface area contributed by atoms with Gasteiger partial charge in [-0.2, -0.15) is 0 Å². The van der Waals surface area contributed by atoms with Crippen molar-refractivity contribution >= 4 is 16.7 Å². The molecule has 2 aromatic heterocycles. The maximum Gasteiger partial charge on any atom is 0.163 e. The van der Waals surface area contributed by atoms with Crippen molar-refractivity contribution < 1.29 is 29.2 Å². The Bertz CT molecular complexity index is 1570. The minimum atomic E-state index is -1.42. The number of pyridine rings is 1. The molecule has 9 nitrogen and oxygen atoms in total. The SMILES string of the molecule is COc1cc(C(=O)CCC(C)(O)c2cc3c(c(-c4c[nH]c5c(C)cccc45)n2)OCC3(C)N)ccc1OCCO. The molecule has 0 saturated heterocycles. The molecule has 0 spiro atoms. The molecule has 0 amide bonds. The van der Waals surface area contributed by atoms with Crippen LogP contribution in [0.2, 0.25) is 0 Å². The van der Waals surface area contributed by atoms with Crippen LogP contribution in [0.15, 0.2) is 48.7 Å². The molecular formula is C31H35N3O6. The van der Waals surface area contributed by atoms with Crippen LogP contribution in [0.3, 0.4) is 0 Å². The van der Waals surface area contributed by atoms with Gasteiger partial charge in [0.15, 0.2) is 23.0 Å². The minimum Gasteiger partial charge on any atom is -0.493 e. The first-order chi connectivity index (χ1) is 19.1. The average molecular weight is 546 g/mol. The fourth-order valence-corrected chi connectivity index (χ4v) is 5.11. The number of methoxy groups -OCH3 is 1. The number of Topliss-reactive ketones (excluding diaryl/α,β-unsaturated/α-hetero) is 1. The van der Waals surface area contributed by atoms with E-state index >= 15 is 0 Å². The average Bonchev–Trinajstić information content (AvgIpc) is 3.51. The number of hydrogen-bond acceptors (Lipinski definition) is 8. The summed E-state index contributed by atoms with van der Waals surface area (Å²) in [6, 6.07) is 12.7. The minimum absolute atomic E-state index is 0.0732. The molecule has 0 saturated carbocycles. The summed E-state index contributed by atoms with van der Waals surface area (Å²) in [4.78, 5) is 21.4. The van der Waals surface area contributed by atoms with Gasteiger partial charge in [-0.1, -0.05) is 18.2 Å². The zero-order valence-electron chi connectivity index (χ0n) is 23.2. The molecule has 0 bridgehead atoms. The van der Waals surface area contributed by atoms with Crippen molar-refractivity contribution in [2.45, 2.75) is 44.8 Å². The number of aliphatic hydroxyl groups excluding tert-OH is 1. The third kappa shape index (κ3) is 5.03. The molecule has 5 N–H and O–H groups in total. The molecule has 4 aromatic rings. The van der Waals surface area contributed by atoms with Gasteiger partial charge in [0, 0.05) is 40.2 Å². The van der Waals surface area contributed by atoms with Crippen molar-refractivity contribution in [2.24, 2.45) is 5.73 Å². The van der Waals surface area contributed by atoms with Gasteiger partial charge in [-0.3, -0.25) is 4.79 Å². The van der Waals surface area contributed by atoms with E-state index in [4.69, 9.17) is 30.0 Å². The fraction of sp³-hybridized carbons (Fsp3) is 0.355.